The van der Waals surface area contributed by atoms with Crippen LogP contribution in [-0.2, 0) is 17.8 Å². The Labute approximate surface area is 244 Å². The number of aromatic nitrogens is 3. The van der Waals surface area contributed by atoms with Gasteiger partial charge in [0.1, 0.15) is 17.1 Å². The highest BCUT2D eigenvalue weighted by molar-refractivity contribution is 5.96. The third kappa shape index (κ3) is 7.07. The van der Waals surface area contributed by atoms with Gasteiger partial charge in [-0.25, -0.2) is 19.1 Å². The number of carboxylic acids is 1. The van der Waals surface area contributed by atoms with Gasteiger partial charge in [-0.05, 0) is 35.4 Å². The summed E-state index contributed by atoms with van der Waals surface area (Å²) < 4.78 is 5.67. The fourth-order valence-electron chi connectivity index (χ4n) is 3.79. The van der Waals surface area contributed by atoms with Crippen LogP contribution in [0.15, 0.2) is 76.4 Å². The molecule has 0 saturated heterocycles. The highest BCUT2D eigenvalue weighted by Crippen LogP contribution is 2.19. The molecule has 43 heavy (non-hydrogen) atoms. The Balaban J connectivity index is 0.000000329. The molecule has 14 heteroatoms. The Kier molecular flexibility index (Phi) is 10.0. The number of rotatable bonds is 8. The SMILES string of the molecule is C.COC(=O)c1ccc(CN)cc1.Nc1c(Nc2cccc(CNC(=O)c3cc(C(=O)O)n4nccc4n3)c2)c(=O)c1=O. The normalized spacial score (nSPS) is 10.3. The van der Waals surface area contributed by atoms with Gasteiger partial charge in [0.05, 0.1) is 18.9 Å². The molecule has 2 aromatic heterocycles. The highest BCUT2D eigenvalue weighted by atomic mass is 16.5. The number of hydrogen-bond donors (Lipinski definition) is 5. The summed E-state index contributed by atoms with van der Waals surface area (Å²) in [5, 5.41) is 18.6. The quantitative estimate of drug-likeness (QED) is 0.130. The molecule has 5 aromatic rings. The summed E-state index contributed by atoms with van der Waals surface area (Å²) in [6.45, 7) is 0.603. The summed E-state index contributed by atoms with van der Waals surface area (Å²) in [5.74, 6) is -2.12. The maximum absolute atomic E-state index is 12.5. The van der Waals surface area contributed by atoms with Gasteiger partial charge >= 0.3 is 11.9 Å². The second kappa shape index (κ2) is 13.6. The minimum absolute atomic E-state index is 0. The number of carbonyl (C=O) groups is 3. The molecule has 7 N–H and O–H groups in total. The molecular weight excluding hydrogens is 558 g/mol. The molecule has 222 valence electrons. The first-order valence-electron chi connectivity index (χ1n) is 12.3. The van der Waals surface area contributed by atoms with E-state index in [1.54, 1.807) is 36.4 Å². The molecule has 0 bridgehead atoms. The molecule has 5 rings (SSSR count). The van der Waals surface area contributed by atoms with Crippen molar-refractivity contribution in [3.63, 3.8) is 0 Å². The van der Waals surface area contributed by atoms with Crippen LogP contribution < -0.4 is 33.0 Å². The lowest BCUT2D eigenvalue weighted by Gasteiger charge is -2.11. The molecule has 0 saturated carbocycles. The van der Waals surface area contributed by atoms with E-state index in [0.29, 0.717) is 23.4 Å². The van der Waals surface area contributed by atoms with Gasteiger partial charge in [-0.2, -0.15) is 5.10 Å². The molecule has 2 heterocycles. The Morgan fingerprint density at radius 3 is 2.35 bits per heavy atom. The Hall–Kier alpha value is -5.89. The van der Waals surface area contributed by atoms with Gasteiger partial charge in [0.2, 0.25) is 0 Å². The van der Waals surface area contributed by atoms with Gasteiger partial charge in [-0.1, -0.05) is 31.7 Å². The van der Waals surface area contributed by atoms with Crippen molar-refractivity contribution >= 4 is 40.6 Å². The second-order valence-electron chi connectivity index (χ2n) is 8.78. The van der Waals surface area contributed by atoms with Crippen molar-refractivity contribution in [1.29, 1.82) is 0 Å². The number of methoxy groups -OCH3 is 1. The van der Waals surface area contributed by atoms with Crippen molar-refractivity contribution in [2.24, 2.45) is 5.73 Å². The third-order valence-electron chi connectivity index (χ3n) is 6.02. The zero-order valence-electron chi connectivity index (χ0n) is 22.2. The van der Waals surface area contributed by atoms with Crippen molar-refractivity contribution in [2.45, 2.75) is 20.5 Å². The first-order valence-corrected chi connectivity index (χ1v) is 12.3. The second-order valence-corrected chi connectivity index (χ2v) is 8.78. The molecule has 0 aliphatic rings. The van der Waals surface area contributed by atoms with Crippen LogP contribution in [0.5, 0.6) is 0 Å². The number of aromatic carboxylic acids is 1. The van der Waals surface area contributed by atoms with Crippen LogP contribution in [0, 0.1) is 0 Å². The summed E-state index contributed by atoms with van der Waals surface area (Å²) in [7, 11) is 1.36. The number of nitrogens with one attached hydrogen (secondary N) is 2. The van der Waals surface area contributed by atoms with E-state index in [0.717, 1.165) is 16.1 Å². The maximum Gasteiger partial charge on any atom is 0.354 e. The van der Waals surface area contributed by atoms with E-state index in [2.05, 4.69) is 25.5 Å². The number of amides is 1. The molecular formula is C29H29N7O7. The minimum Gasteiger partial charge on any atom is -0.477 e. The maximum atomic E-state index is 12.5. The molecule has 0 atom stereocenters. The zero-order valence-corrected chi connectivity index (χ0v) is 22.2. The number of benzene rings is 2. The van der Waals surface area contributed by atoms with Crippen molar-refractivity contribution < 1.29 is 24.2 Å². The van der Waals surface area contributed by atoms with Crippen molar-refractivity contribution in [2.75, 3.05) is 18.2 Å². The van der Waals surface area contributed by atoms with Gasteiger partial charge in [0.15, 0.2) is 11.3 Å². The molecule has 0 fully saturated rings. The Morgan fingerprint density at radius 2 is 1.72 bits per heavy atom. The molecule has 0 radical (unpaired) electrons. The van der Waals surface area contributed by atoms with Crippen LogP contribution in [0.25, 0.3) is 5.65 Å². The van der Waals surface area contributed by atoms with E-state index < -0.39 is 22.7 Å². The first-order chi connectivity index (χ1) is 20.1. The summed E-state index contributed by atoms with van der Waals surface area (Å²) in [6.07, 6.45) is 1.39. The van der Waals surface area contributed by atoms with E-state index in [4.69, 9.17) is 11.5 Å². The molecule has 0 aliphatic carbocycles. The van der Waals surface area contributed by atoms with Crippen LogP contribution in [-0.4, -0.2) is 44.7 Å². The van der Waals surface area contributed by atoms with Gasteiger partial charge < -0.3 is 31.9 Å². The molecule has 14 nitrogen and oxygen atoms in total. The monoisotopic (exact) mass is 587 g/mol. The zero-order chi connectivity index (χ0) is 30.4. The number of nitrogens with zero attached hydrogens (tertiary/aromatic N) is 3. The minimum atomic E-state index is -1.24. The number of nitrogens with two attached hydrogens (primary N) is 2. The average molecular weight is 588 g/mol. The Bertz CT molecular complexity index is 1860. The number of esters is 1. The summed E-state index contributed by atoms with van der Waals surface area (Å²) in [5.41, 5.74) is 12.2. The number of anilines is 3. The van der Waals surface area contributed by atoms with Crippen LogP contribution in [0.3, 0.4) is 0 Å². The first kappa shape index (κ1) is 31.6. The van der Waals surface area contributed by atoms with Gasteiger partial charge in [-0.3, -0.25) is 14.4 Å². The fourth-order valence-corrected chi connectivity index (χ4v) is 3.79. The van der Waals surface area contributed by atoms with Crippen molar-refractivity contribution in [1.82, 2.24) is 19.9 Å². The smallest absolute Gasteiger partial charge is 0.354 e. The Morgan fingerprint density at radius 1 is 1.00 bits per heavy atom. The molecule has 1 amide bonds. The van der Waals surface area contributed by atoms with Crippen LogP contribution in [0.1, 0.15) is 49.9 Å². The van der Waals surface area contributed by atoms with E-state index in [-0.39, 0.29) is 48.4 Å². The number of carbonyl (C=O) groups excluding carboxylic acids is 2. The summed E-state index contributed by atoms with van der Waals surface area (Å²) >= 11 is 0. The molecule has 3 aromatic carbocycles. The third-order valence-corrected chi connectivity index (χ3v) is 6.02. The number of hydrogen-bond acceptors (Lipinski definition) is 11. The van der Waals surface area contributed by atoms with Crippen molar-refractivity contribution in [3.05, 3.63) is 115 Å². The molecule has 0 unspecified atom stereocenters. The standard InChI is InChI=1S/C19H14N6O5.C9H11NO2.CH4/c20-14-15(17(27)16(14)26)23-10-3-1-2-9(6-10)8-21-18(28)11-7-12(19(29)30)25-13(24-11)4-5-22-25;1-12-9(11)8-4-2-7(6-10)3-5-8;/h1-7,23H,8,20H2,(H,21,28)(H,29,30);2-5H,6,10H2,1H3;1H4. The lowest BCUT2D eigenvalue weighted by Crippen LogP contribution is -2.36. The highest BCUT2D eigenvalue weighted by Gasteiger charge is 2.19. The van der Waals surface area contributed by atoms with Crippen molar-refractivity contribution in [3.8, 4) is 0 Å². The van der Waals surface area contributed by atoms with Gasteiger partial charge in [0, 0.05) is 30.9 Å². The lowest BCUT2D eigenvalue weighted by molar-refractivity contribution is 0.0599. The van der Waals surface area contributed by atoms with Crippen LogP contribution in [0.2, 0.25) is 0 Å². The van der Waals surface area contributed by atoms with Crippen LogP contribution in [0.4, 0.5) is 17.1 Å². The lowest BCUT2D eigenvalue weighted by atomic mass is 10.1. The topological polar surface area (TPSA) is 221 Å². The van der Waals surface area contributed by atoms with Gasteiger partial charge in [-0.15, -0.1) is 0 Å². The predicted molar refractivity (Wildman–Crippen MR) is 159 cm³/mol. The van der Waals surface area contributed by atoms with E-state index >= 15 is 0 Å². The van der Waals surface area contributed by atoms with E-state index in [1.807, 2.05) is 12.1 Å². The summed E-state index contributed by atoms with van der Waals surface area (Å²) in [4.78, 5) is 61.7. The average Bonchev–Trinajstić information content (AvgIpc) is 3.50. The number of fused-ring (bicyclic) bond motifs is 1. The van der Waals surface area contributed by atoms with E-state index in [1.165, 1.54) is 19.4 Å². The largest absolute Gasteiger partial charge is 0.477 e. The van der Waals surface area contributed by atoms with Crippen LogP contribution >= 0.6 is 0 Å². The summed E-state index contributed by atoms with van der Waals surface area (Å²) in [6, 6.07) is 16.5. The molecule has 0 aliphatic heterocycles. The number of ether oxygens (including phenoxy) is 1. The van der Waals surface area contributed by atoms with Gasteiger partial charge in [0.25, 0.3) is 16.8 Å². The fraction of sp³-hybridized carbons (Fsp3) is 0.138. The number of carboxylic acid groups (broad SMARTS) is 1. The predicted octanol–water partition coefficient (Wildman–Crippen LogP) is 1.85. The molecule has 0 spiro atoms. The van der Waals surface area contributed by atoms with E-state index in [9.17, 15) is 29.1 Å². The number of nitrogen functional groups attached to an aromatic ring is 1.